The Kier molecular flexibility index (Phi) is 5.16. The summed E-state index contributed by atoms with van der Waals surface area (Å²) in [6.07, 6.45) is -0.0525. The number of hydrogen-bond acceptors (Lipinski definition) is 3. The summed E-state index contributed by atoms with van der Waals surface area (Å²) in [6, 6.07) is 9.06. The standard InChI is InChI=1S/C19H17F2N3O3/c1-11(13-7-6-12(20)10-15(13)21)22-17(25)8-9-24-16-5-3-2-4-14(16)18(26)23-19(24)27/h2-7,10-11H,8-9H2,1H3,(H,22,25)(H,23,26,27)/t11-/m1/s1. The van der Waals surface area contributed by atoms with Crippen LogP contribution >= 0.6 is 0 Å². The first-order chi connectivity index (χ1) is 12.9. The summed E-state index contributed by atoms with van der Waals surface area (Å²) in [5.74, 6) is -1.85. The van der Waals surface area contributed by atoms with Crippen molar-refractivity contribution in [1.29, 1.82) is 0 Å². The number of amides is 1. The predicted octanol–water partition coefficient (Wildman–Crippen LogP) is 2.24. The van der Waals surface area contributed by atoms with Gasteiger partial charge < -0.3 is 5.32 Å². The highest BCUT2D eigenvalue weighted by Crippen LogP contribution is 2.17. The number of benzene rings is 2. The fourth-order valence-electron chi connectivity index (χ4n) is 2.92. The van der Waals surface area contributed by atoms with Crippen LogP contribution in [0.25, 0.3) is 10.9 Å². The van der Waals surface area contributed by atoms with Crippen molar-refractivity contribution < 1.29 is 13.6 Å². The third-order valence-corrected chi connectivity index (χ3v) is 4.27. The summed E-state index contributed by atoms with van der Waals surface area (Å²) in [5.41, 5.74) is -0.506. The number of para-hydroxylation sites is 1. The molecule has 1 atom stereocenters. The van der Waals surface area contributed by atoms with E-state index in [0.29, 0.717) is 10.9 Å². The molecular weight excluding hydrogens is 356 g/mol. The molecular formula is C19H17F2N3O3. The van der Waals surface area contributed by atoms with Crippen LogP contribution in [0, 0.1) is 11.6 Å². The van der Waals surface area contributed by atoms with Gasteiger partial charge in [0.15, 0.2) is 0 Å². The molecule has 0 aliphatic rings. The molecule has 8 heteroatoms. The summed E-state index contributed by atoms with van der Waals surface area (Å²) < 4.78 is 28.1. The number of H-pyrrole nitrogens is 1. The van der Waals surface area contributed by atoms with E-state index in [2.05, 4.69) is 10.3 Å². The second-order valence-corrected chi connectivity index (χ2v) is 6.13. The molecule has 1 heterocycles. The molecule has 0 fully saturated rings. The maximum absolute atomic E-state index is 13.8. The minimum Gasteiger partial charge on any atom is -0.349 e. The van der Waals surface area contributed by atoms with Crippen molar-refractivity contribution in [2.75, 3.05) is 0 Å². The Morgan fingerprint density at radius 1 is 1.19 bits per heavy atom. The first-order valence-electron chi connectivity index (χ1n) is 8.33. The molecule has 0 aliphatic carbocycles. The molecule has 140 valence electrons. The molecule has 0 aliphatic heterocycles. The van der Waals surface area contributed by atoms with Crippen molar-refractivity contribution in [1.82, 2.24) is 14.9 Å². The normalized spacial score (nSPS) is 12.1. The molecule has 0 unspecified atom stereocenters. The molecule has 0 saturated carbocycles. The van der Waals surface area contributed by atoms with Crippen LogP contribution in [0.1, 0.15) is 24.9 Å². The highest BCUT2D eigenvalue weighted by molar-refractivity contribution is 5.79. The van der Waals surface area contributed by atoms with Gasteiger partial charge in [-0.1, -0.05) is 18.2 Å². The van der Waals surface area contributed by atoms with E-state index >= 15 is 0 Å². The van der Waals surface area contributed by atoms with Gasteiger partial charge >= 0.3 is 5.69 Å². The summed E-state index contributed by atoms with van der Waals surface area (Å²) in [6.45, 7) is 1.62. The van der Waals surface area contributed by atoms with Crippen LogP contribution in [0.15, 0.2) is 52.1 Å². The van der Waals surface area contributed by atoms with Crippen LogP contribution in [0.5, 0.6) is 0 Å². The van der Waals surface area contributed by atoms with Crippen molar-refractivity contribution in [2.24, 2.45) is 0 Å². The zero-order valence-corrected chi connectivity index (χ0v) is 14.5. The fraction of sp³-hybridized carbons (Fsp3) is 0.211. The Balaban J connectivity index is 1.74. The van der Waals surface area contributed by atoms with E-state index in [1.165, 1.54) is 10.6 Å². The monoisotopic (exact) mass is 373 g/mol. The molecule has 1 aromatic heterocycles. The van der Waals surface area contributed by atoms with Gasteiger partial charge in [0.2, 0.25) is 5.91 Å². The number of aryl methyl sites for hydroxylation is 1. The molecule has 3 rings (SSSR count). The first kappa shape index (κ1) is 18.5. The number of carbonyl (C=O) groups is 1. The Bertz CT molecular complexity index is 1120. The van der Waals surface area contributed by atoms with Crippen LogP contribution in [-0.4, -0.2) is 15.5 Å². The maximum Gasteiger partial charge on any atom is 0.328 e. The minimum atomic E-state index is -0.745. The van der Waals surface area contributed by atoms with Crippen molar-refractivity contribution in [3.63, 3.8) is 0 Å². The molecule has 2 N–H and O–H groups in total. The molecule has 6 nitrogen and oxygen atoms in total. The van der Waals surface area contributed by atoms with Gasteiger partial charge in [0, 0.05) is 24.6 Å². The smallest absolute Gasteiger partial charge is 0.328 e. The van der Waals surface area contributed by atoms with Gasteiger partial charge in [-0.25, -0.2) is 13.6 Å². The summed E-state index contributed by atoms with van der Waals surface area (Å²) in [4.78, 5) is 38.3. The molecule has 1 amide bonds. The third kappa shape index (κ3) is 3.94. The van der Waals surface area contributed by atoms with Crippen molar-refractivity contribution in [3.8, 4) is 0 Å². The van der Waals surface area contributed by atoms with E-state index in [-0.39, 0.29) is 18.5 Å². The second kappa shape index (κ2) is 7.53. The summed E-state index contributed by atoms with van der Waals surface area (Å²) >= 11 is 0. The topological polar surface area (TPSA) is 84.0 Å². The molecule has 0 radical (unpaired) electrons. The number of hydrogen-bond donors (Lipinski definition) is 2. The lowest BCUT2D eigenvalue weighted by molar-refractivity contribution is -0.121. The maximum atomic E-state index is 13.8. The number of carbonyl (C=O) groups excluding carboxylic acids is 1. The lowest BCUT2D eigenvalue weighted by Crippen LogP contribution is -2.33. The van der Waals surface area contributed by atoms with E-state index in [1.54, 1.807) is 31.2 Å². The van der Waals surface area contributed by atoms with Gasteiger partial charge in [0.05, 0.1) is 16.9 Å². The fourth-order valence-corrected chi connectivity index (χ4v) is 2.92. The van der Waals surface area contributed by atoms with Crippen LogP contribution in [0.3, 0.4) is 0 Å². The van der Waals surface area contributed by atoms with Crippen molar-refractivity contribution in [3.05, 3.63) is 80.5 Å². The van der Waals surface area contributed by atoms with Crippen LogP contribution in [-0.2, 0) is 11.3 Å². The first-order valence-corrected chi connectivity index (χ1v) is 8.33. The lowest BCUT2D eigenvalue weighted by Gasteiger charge is -2.16. The molecule has 3 aromatic rings. The molecule has 2 aromatic carbocycles. The van der Waals surface area contributed by atoms with E-state index in [9.17, 15) is 23.2 Å². The van der Waals surface area contributed by atoms with E-state index < -0.39 is 34.8 Å². The summed E-state index contributed by atoms with van der Waals surface area (Å²) in [7, 11) is 0. The van der Waals surface area contributed by atoms with E-state index in [4.69, 9.17) is 0 Å². The zero-order chi connectivity index (χ0) is 19.6. The second-order valence-electron chi connectivity index (χ2n) is 6.13. The van der Waals surface area contributed by atoms with Gasteiger partial charge in [-0.2, -0.15) is 0 Å². The van der Waals surface area contributed by atoms with Gasteiger partial charge in [-0.15, -0.1) is 0 Å². The number of rotatable bonds is 5. The highest BCUT2D eigenvalue weighted by atomic mass is 19.1. The number of halogens is 2. The number of aromatic amines is 1. The Labute approximate surface area is 152 Å². The van der Waals surface area contributed by atoms with Gasteiger partial charge in [0.1, 0.15) is 11.6 Å². The zero-order valence-electron chi connectivity index (χ0n) is 14.5. The van der Waals surface area contributed by atoms with E-state index in [0.717, 1.165) is 12.1 Å². The largest absolute Gasteiger partial charge is 0.349 e. The number of fused-ring (bicyclic) bond motifs is 1. The lowest BCUT2D eigenvalue weighted by atomic mass is 10.1. The average Bonchev–Trinajstić information content (AvgIpc) is 2.61. The highest BCUT2D eigenvalue weighted by Gasteiger charge is 2.15. The van der Waals surface area contributed by atoms with Crippen LogP contribution < -0.4 is 16.6 Å². The van der Waals surface area contributed by atoms with Crippen molar-refractivity contribution in [2.45, 2.75) is 25.9 Å². The average molecular weight is 373 g/mol. The Hall–Kier alpha value is -3.29. The number of aromatic nitrogens is 2. The number of nitrogens with one attached hydrogen (secondary N) is 2. The van der Waals surface area contributed by atoms with Crippen LogP contribution in [0.2, 0.25) is 0 Å². The third-order valence-electron chi connectivity index (χ3n) is 4.27. The van der Waals surface area contributed by atoms with Gasteiger partial charge in [-0.05, 0) is 25.1 Å². The van der Waals surface area contributed by atoms with Crippen LogP contribution in [0.4, 0.5) is 8.78 Å². The predicted molar refractivity (Wildman–Crippen MR) is 96.4 cm³/mol. The number of nitrogens with zero attached hydrogens (tertiary/aromatic N) is 1. The SMILES string of the molecule is C[C@@H](NC(=O)CCn1c(=O)[nH]c(=O)c2ccccc21)c1ccc(F)cc1F. The molecule has 0 bridgehead atoms. The van der Waals surface area contributed by atoms with Gasteiger partial charge in [0.25, 0.3) is 5.56 Å². The molecule has 0 spiro atoms. The quantitative estimate of drug-likeness (QED) is 0.719. The van der Waals surface area contributed by atoms with Crippen molar-refractivity contribution >= 4 is 16.8 Å². The minimum absolute atomic E-state index is 0.0422. The van der Waals surface area contributed by atoms with Gasteiger partial charge in [-0.3, -0.25) is 19.1 Å². The summed E-state index contributed by atoms with van der Waals surface area (Å²) in [5, 5.41) is 2.96. The Morgan fingerprint density at radius 2 is 1.93 bits per heavy atom. The Morgan fingerprint density at radius 3 is 2.67 bits per heavy atom. The molecule has 0 saturated heterocycles. The molecule has 27 heavy (non-hydrogen) atoms. The van der Waals surface area contributed by atoms with E-state index in [1.807, 2.05) is 0 Å².